The molecular formula is C12H23NO. The molecule has 1 unspecified atom stereocenters. The molecule has 1 atom stereocenters. The lowest BCUT2D eigenvalue weighted by Crippen LogP contribution is -2.32. The van der Waals surface area contributed by atoms with Crippen molar-refractivity contribution >= 4 is 5.91 Å². The summed E-state index contributed by atoms with van der Waals surface area (Å²) in [6, 6.07) is 0. The number of carbonyl (C=O) groups excluding carboxylic acids is 1. The summed E-state index contributed by atoms with van der Waals surface area (Å²) in [5.74, 6) is 0.156. The molecule has 2 heteroatoms. The Kier molecular flexibility index (Phi) is 4.37. The Labute approximate surface area is 88.0 Å². The van der Waals surface area contributed by atoms with Crippen LogP contribution in [-0.4, -0.2) is 24.9 Å². The van der Waals surface area contributed by atoms with Crippen LogP contribution < -0.4 is 0 Å². The van der Waals surface area contributed by atoms with E-state index < -0.39 is 0 Å². The van der Waals surface area contributed by atoms with Crippen molar-refractivity contribution in [2.24, 2.45) is 11.3 Å². The summed E-state index contributed by atoms with van der Waals surface area (Å²) in [5.41, 5.74) is 1.27. The van der Waals surface area contributed by atoms with Gasteiger partial charge in [-0.1, -0.05) is 32.4 Å². The Bertz CT molecular complexity index is 233. The molecule has 1 amide bonds. The molecule has 0 saturated carbocycles. The molecule has 0 heterocycles. The van der Waals surface area contributed by atoms with Crippen molar-refractivity contribution in [3.05, 3.63) is 11.6 Å². The van der Waals surface area contributed by atoms with E-state index in [1.807, 2.05) is 13.8 Å². The average Bonchev–Trinajstić information content (AvgIpc) is 2.01. The zero-order valence-corrected chi connectivity index (χ0v) is 10.5. The molecule has 0 bridgehead atoms. The number of rotatable bonds is 2. The van der Waals surface area contributed by atoms with Crippen LogP contribution >= 0.6 is 0 Å². The van der Waals surface area contributed by atoms with Crippen molar-refractivity contribution in [3.63, 3.8) is 0 Å². The Morgan fingerprint density at radius 1 is 1.29 bits per heavy atom. The minimum atomic E-state index is -0.0185. The summed E-state index contributed by atoms with van der Waals surface area (Å²) in [6.07, 6.45) is 2.06. The van der Waals surface area contributed by atoms with E-state index in [0.717, 1.165) is 0 Å². The Morgan fingerprint density at radius 2 is 1.71 bits per heavy atom. The van der Waals surface area contributed by atoms with E-state index in [9.17, 15) is 4.79 Å². The minimum Gasteiger partial charge on any atom is -0.348 e. The Hall–Kier alpha value is -0.790. The van der Waals surface area contributed by atoms with Crippen molar-refractivity contribution < 1.29 is 4.79 Å². The molecule has 2 nitrogen and oxygen atoms in total. The second kappa shape index (κ2) is 4.63. The SMILES string of the molecule is CC=C(C(C)C(=O)N(C)C)C(C)(C)C. The maximum absolute atomic E-state index is 11.8. The van der Waals surface area contributed by atoms with Crippen LogP contribution in [0.25, 0.3) is 0 Å². The first-order chi connectivity index (χ1) is 6.21. The number of hydrogen-bond donors (Lipinski definition) is 0. The predicted molar refractivity (Wildman–Crippen MR) is 61.1 cm³/mol. The van der Waals surface area contributed by atoms with E-state index in [1.54, 1.807) is 19.0 Å². The van der Waals surface area contributed by atoms with Crippen LogP contribution in [0.2, 0.25) is 0 Å². The van der Waals surface area contributed by atoms with E-state index in [1.165, 1.54) is 5.57 Å². The second-order valence-electron chi connectivity index (χ2n) is 4.95. The van der Waals surface area contributed by atoms with Gasteiger partial charge in [-0.3, -0.25) is 4.79 Å². The summed E-state index contributed by atoms with van der Waals surface area (Å²) in [5, 5.41) is 0. The van der Waals surface area contributed by atoms with Crippen LogP contribution in [-0.2, 0) is 4.79 Å². The molecular weight excluding hydrogens is 174 g/mol. The quantitative estimate of drug-likeness (QED) is 0.623. The van der Waals surface area contributed by atoms with Crippen molar-refractivity contribution in [1.82, 2.24) is 4.90 Å². The second-order valence-corrected chi connectivity index (χ2v) is 4.95. The van der Waals surface area contributed by atoms with E-state index in [4.69, 9.17) is 0 Å². The first kappa shape index (κ1) is 13.2. The van der Waals surface area contributed by atoms with Gasteiger partial charge in [0.1, 0.15) is 0 Å². The number of hydrogen-bond acceptors (Lipinski definition) is 1. The molecule has 14 heavy (non-hydrogen) atoms. The number of allylic oxidation sites excluding steroid dienone is 1. The third kappa shape index (κ3) is 3.17. The van der Waals surface area contributed by atoms with Gasteiger partial charge in [0, 0.05) is 14.1 Å². The summed E-state index contributed by atoms with van der Waals surface area (Å²) in [7, 11) is 3.60. The number of nitrogens with zero attached hydrogens (tertiary/aromatic N) is 1. The number of amides is 1. The zero-order valence-electron chi connectivity index (χ0n) is 10.5. The molecule has 0 aromatic heterocycles. The van der Waals surface area contributed by atoms with E-state index >= 15 is 0 Å². The van der Waals surface area contributed by atoms with Gasteiger partial charge >= 0.3 is 0 Å². The monoisotopic (exact) mass is 197 g/mol. The molecule has 0 radical (unpaired) electrons. The van der Waals surface area contributed by atoms with Crippen molar-refractivity contribution in [2.45, 2.75) is 34.6 Å². The van der Waals surface area contributed by atoms with Crippen LogP contribution in [0.4, 0.5) is 0 Å². The highest BCUT2D eigenvalue weighted by Gasteiger charge is 2.27. The fourth-order valence-corrected chi connectivity index (χ4v) is 1.85. The molecule has 0 spiro atoms. The van der Waals surface area contributed by atoms with Gasteiger partial charge in [0.2, 0.25) is 5.91 Å². The van der Waals surface area contributed by atoms with E-state index in [-0.39, 0.29) is 17.2 Å². The molecule has 0 aliphatic heterocycles. The molecule has 0 N–H and O–H groups in total. The molecule has 0 aromatic carbocycles. The minimum absolute atomic E-state index is 0.0185. The van der Waals surface area contributed by atoms with Gasteiger partial charge in [-0.25, -0.2) is 0 Å². The highest BCUT2D eigenvalue weighted by Crippen LogP contribution is 2.31. The average molecular weight is 197 g/mol. The molecule has 0 rings (SSSR count). The smallest absolute Gasteiger partial charge is 0.228 e. The summed E-state index contributed by atoms with van der Waals surface area (Å²) in [4.78, 5) is 13.4. The van der Waals surface area contributed by atoms with Gasteiger partial charge in [-0.2, -0.15) is 0 Å². The van der Waals surface area contributed by atoms with Crippen molar-refractivity contribution in [3.8, 4) is 0 Å². The first-order valence-electron chi connectivity index (χ1n) is 5.09. The zero-order chi connectivity index (χ0) is 11.5. The number of carbonyl (C=O) groups is 1. The van der Waals surface area contributed by atoms with Crippen LogP contribution in [0.5, 0.6) is 0 Å². The largest absolute Gasteiger partial charge is 0.348 e. The third-order valence-corrected chi connectivity index (χ3v) is 2.45. The van der Waals surface area contributed by atoms with Crippen LogP contribution in [0.1, 0.15) is 34.6 Å². The maximum Gasteiger partial charge on any atom is 0.228 e. The maximum atomic E-state index is 11.8. The highest BCUT2D eigenvalue weighted by atomic mass is 16.2. The van der Waals surface area contributed by atoms with Crippen molar-refractivity contribution in [2.75, 3.05) is 14.1 Å². The van der Waals surface area contributed by atoms with Gasteiger partial charge in [0.05, 0.1) is 5.92 Å². The topological polar surface area (TPSA) is 20.3 Å². The fraction of sp³-hybridized carbons (Fsp3) is 0.750. The predicted octanol–water partition coefficient (Wildman–Crippen LogP) is 2.70. The van der Waals surface area contributed by atoms with Crippen LogP contribution in [0.3, 0.4) is 0 Å². The summed E-state index contributed by atoms with van der Waals surface area (Å²) in [6.45, 7) is 10.4. The lowest BCUT2D eigenvalue weighted by Gasteiger charge is -2.29. The lowest BCUT2D eigenvalue weighted by molar-refractivity contribution is -0.131. The van der Waals surface area contributed by atoms with Gasteiger partial charge in [-0.15, -0.1) is 0 Å². The highest BCUT2D eigenvalue weighted by molar-refractivity contribution is 5.81. The molecule has 0 aliphatic rings. The molecule has 0 fully saturated rings. The van der Waals surface area contributed by atoms with E-state index in [0.29, 0.717) is 0 Å². The normalized spacial score (nSPS) is 15.2. The summed E-state index contributed by atoms with van der Waals surface area (Å²) >= 11 is 0. The van der Waals surface area contributed by atoms with Gasteiger partial charge in [0.25, 0.3) is 0 Å². The molecule has 0 aliphatic carbocycles. The van der Waals surface area contributed by atoms with Gasteiger partial charge < -0.3 is 4.90 Å². The Balaban J connectivity index is 4.84. The molecule has 82 valence electrons. The van der Waals surface area contributed by atoms with Gasteiger partial charge in [-0.05, 0) is 19.3 Å². The third-order valence-electron chi connectivity index (χ3n) is 2.45. The van der Waals surface area contributed by atoms with Crippen LogP contribution in [0, 0.1) is 11.3 Å². The fourth-order valence-electron chi connectivity index (χ4n) is 1.85. The first-order valence-corrected chi connectivity index (χ1v) is 5.09. The molecule has 0 aromatic rings. The lowest BCUT2D eigenvalue weighted by atomic mass is 9.79. The van der Waals surface area contributed by atoms with Gasteiger partial charge in [0.15, 0.2) is 0 Å². The standard InChI is InChI=1S/C12H23NO/c1-8-10(12(3,4)5)9(2)11(14)13(6)7/h8-9H,1-7H3. The summed E-state index contributed by atoms with van der Waals surface area (Å²) < 4.78 is 0. The van der Waals surface area contributed by atoms with E-state index in [2.05, 4.69) is 26.8 Å². The Morgan fingerprint density at radius 3 is 1.93 bits per heavy atom. The van der Waals surface area contributed by atoms with Crippen LogP contribution in [0.15, 0.2) is 11.6 Å². The molecule has 0 saturated heterocycles. The van der Waals surface area contributed by atoms with Crippen molar-refractivity contribution in [1.29, 1.82) is 0 Å².